The Bertz CT molecular complexity index is 555. The first-order valence-corrected chi connectivity index (χ1v) is 7.09. The number of aromatic nitrogens is 2. The zero-order valence-corrected chi connectivity index (χ0v) is 13.0. The summed E-state index contributed by atoms with van der Waals surface area (Å²) in [4.78, 5) is 0. The predicted molar refractivity (Wildman–Crippen MR) is 82.8 cm³/mol. The zero-order chi connectivity index (χ0) is 15.2. The van der Waals surface area contributed by atoms with Gasteiger partial charge in [-0.05, 0) is 37.6 Å². The van der Waals surface area contributed by atoms with Gasteiger partial charge < -0.3 is 14.8 Å². The van der Waals surface area contributed by atoms with Gasteiger partial charge in [0.15, 0.2) is 11.5 Å². The molecule has 1 aromatic heterocycles. The highest BCUT2D eigenvalue weighted by Crippen LogP contribution is 2.29. The number of ether oxygens (including phenoxy) is 2. The summed E-state index contributed by atoms with van der Waals surface area (Å²) < 4.78 is 12.5. The third kappa shape index (κ3) is 3.98. The molecule has 2 unspecified atom stereocenters. The Morgan fingerprint density at radius 2 is 1.95 bits per heavy atom. The normalized spacial score (nSPS) is 13.7. The van der Waals surface area contributed by atoms with E-state index in [9.17, 15) is 0 Å². The second-order valence-electron chi connectivity index (χ2n) is 5.13. The first kappa shape index (κ1) is 15.4. The van der Waals surface area contributed by atoms with Gasteiger partial charge in [0, 0.05) is 24.5 Å². The van der Waals surface area contributed by atoms with E-state index in [4.69, 9.17) is 9.47 Å². The van der Waals surface area contributed by atoms with Crippen molar-refractivity contribution in [2.24, 2.45) is 0 Å². The summed E-state index contributed by atoms with van der Waals surface area (Å²) in [6.45, 7) is 5.13. The second kappa shape index (κ2) is 7.13. The molecule has 0 aliphatic carbocycles. The van der Waals surface area contributed by atoms with E-state index in [1.54, 1.807) is 20.4 Å². The van der Waals surface area contributed by atoms with Gasteiger partial charge in [0.1, 0.15) is 0 Å². The average Bonchev–Trinajstić information content (AvgIpc) is 2.99. The van der Waals surface area contributed by atoms with Crippen molar-refractivity contribution in [2.75, 3.05) is 14.2 Å². The third-order valence-electron chi connectivity index (χ3n) is 3.46. The molecule has 2 atom stereocenters. The van der Waals surface area contributed by atoms with Gasteiger partial charge in [-0.25, -0.2) is 0 Å². The van der Waals surface area contributed by atoms with E-state index < -0.39 is 0 Å². The molecule has 1 N–H and O–H groups in total. The molecule has 0 bridgehead atoms. The topological polar surface area (TPSA) is 48.3 Å². The number of hydrogen-bond acceptors (Lipinski definition) is 4. The van der Waals surface area contributed by atoms with Crippen LogP contribution < -0.4 is 14.8 Å². The van der Waals surface area contributed by atoms with E-state index in [0.717, 1.165) is 18.0 Å². The minimum Gasteiger partial charge on any atom is -0.493 e. The molecule has 1 aromatic carbocycles. The van der Waals surface area contributed by atoms with Crippen LogP contribution in [0.25, 0.3) is 0 Å². The SMILES string of the molecule is COc1ccc(C(C)NC(C)Cn2cccn2)cc1OC. The fourth-order valence-electron chi connectivity index (χ4n) is 2.39. The monoisotopic (exact) mass is 289 g/mol. The Balaban J connectivity index is 2.00. The molecule has 5 nitrogen and oxygen atoms in total. The molecule has 0 aliphatic heterocycles. The van der Waals surface area contributed by atoms with Crippen molar-refractivity contribution >= 4 is 0 Å². The van der Waals surface area contributed by atoms with Crippen LogP contribution in [0.3, 0.4) is 0 Å². The maximum absolute atomic E-state index is 5.35. The van der Waals surface area contributed by atoms with E-state index in [0.29, 0.717) is 6.04 Å². The van der Waals surface area contributed by atoms with E-state index in [-0.39, 0.29) is 6.04 Å². The van der Waals surface area contributed by atoms with Gasteiger partial charge in [-0.3, -0.25) is 4.68 Å². The molecule has 0 spiro atoms. The molecular formula is C16H23N3O2. The quantitative estimate of drug-likeness (QED) is 0.851. The van der Waals surface area contributed by atoms with E-state index in [1.807, 2.05) is 29.1 Å². The highest BCUT2D eigenvalue weighted by Gasteiger charge is 2.13. The lowest BCUT2D eigenvalue weighted by molar-refractivity contribution is 0.353. The number of rotatable bonds is 7. The molecule has 5 heteroatoms. The van der Waals surface area contributed by atoms with Crippen LogP contribution in [0.15, 0.2) is 36.7 Å². The molecule has 0 fully saturated rings. The molecule has 0 amide bonds. The largest absolute Gasteiger partial charge is 0.493 e. The smallest absolute Gasteiger partial charge is 0.161 e. The fraction of sp³-hybridized carbons (Fsp3) is 0.438. The first-order chi connectivity index (χ1) is 10.1. The van der Waals surface area contributed by atoms with Crippen LogP contribution in [-0.4, -0.2) is 30.0 Å². The summed E-state index contributed by atoms with van der Waals surface area (Å²) in [7, 11) is 3.30. The van der Waals surface area contributed by atoms with Gasteiger partial charge in [-0.2, -0.15) is 5.10 Å². The van der Waals surface area contributed by atoms with Gasteiger partial charge in [0.25, 0.3) is 0 Å². The van der Waals surface area contributed by atoms with Crippen LogP contribution in [0, 0.1) is 0 Å². The molecule has 114 valence electrons. The minimum atomic E-state index is 0.218. The van der Waals surface area contributed by atoms with Crippen molar-refractivity contribution in [3.63, 3.8) is 0 Å². The van der Waals surface area contributed by atoms with Gasteiger partial charge in [-0.1, -0.05) is 6.07 Å². The van der Waals surface area contributed by atoms with Crippen LogP contribution >= 0.6 is 0 Å². The summed E-state index contributed by atoms with van der Waals surface area (Å²) in [6, 6.07) is 8.47. The van der Waals surface area contributed by atoms with E-state index in [2.05, 4.69) is 30.3 Å². The van der Waals surface area contributed by atoms with Crippen molar-refractivity contribution in [1.29, 1.82) is 0 Å². The standard InChI is InChI=1S/C16H23N3O2/c1-12(11-19-9-5-8-17-19)18-13(2)14-6-7-15(20-3)16(10-14)21-4/h5-10,12-13,18H,11H2,1-4H3. The van der Waals surface area contributed by atoms with Crippen molar-refractivity contribution in [2.45, 2.75) is 32.5 Å². The maximum atomic E-state index is 5.35. The Morgan fingerprint density at radius 3 is 2.57 bits per heavy atom. The van der Waals surface area contributed by atoms with Gasteiger partial charge in [0.2, 0.25) is 0 Å². The molecular weight excluding hydrogens is 266 g/mol. The number of benzene rings is 1. The number of nitrogens with zero attached hydrogens (tertiary/aromatic N) is 2. The summed E-state index contributed by atoms with van der Waals surface area (Å²) in [6.07, 6.45) is 3.77. The zero-order valence-electron chi connectivity index (χ0n) is 13.0. The summed E-state index contributed by atoms with van der Waals surface area (Å²) >= 11 is 0. The Hall–Kier alpha value is -2.01. The molecule has 21 heavy (non-hydrogen) atoms. The molecule has 1 heterocycles. The van der Waals surface area contributed by atoms with Crippen LogP contribution in [-0.2, 0) is 6.54 Å². The van der Waals surface area contributed by atoms with Crippen molar-refractivity contribution < 1.29 is 9.47 Å². The van der Waals surface area contributed by atoms with Gasteiger partial charge in [0.05, 0.1) is 20.8 Å². The Labute approximate surface area is 125 Å². The lowest BCUT2D eigenvalue weighted by atomic mass is 10.1. The summed E-state index contributed by atoms with van der Waals surface area (Å²) in [5, 5.41) is 7.79. The molecule has 0 radical (unpaired) electrons. The van der Waals surface area contributed by atoms with E-state index in [1.165, 1.54) is 5.56 Å². The summed E-state index contributed by atoms with van der Waals surface area (Å²) in [5.74, 6) is 1.50. The fourth-order valence-corrected chi connectivity index (χ4v) is 2.39. The highest BCUT2D eigenvalue weighted by atomic mass is 16.5. The van der Waals surface area contributed by atoms with Crippen molar-refractivity contribution in [3.05, 3.63) is 42.2 Å². The number of nitrogens with one attached hydrogen (secondary N) is 1. The molecule has 0 saturated heterocycles. The predicted octanol–water partition coefficient (Wildman–Crippen LogP) is 2.64. The van der Waals surface area contributed by atoms with Gasteiger partial charge >= 0.3 is 0 Å². The lowest BCUT2D eigenvalue weighted by Gasteiger charge is -2.21. The van der Waals surface area contributed by atoms with Crippen LogP contribution in [0.4, 0.5) is 0 Å². The first-order valence-electron chi connectivity index (χ1n) is 7.09. The minimum absolute atomic E-state index is 0.218. The Kier molecular flexibility index (Phi) is 5.22. The maximum Gasteiger partial charge on any atom is 0.161 e. The Morgan fingerprint density at radius 1 is 1.19 bits per heavy atom. The van der Waals surface area contributed by atoms with E-state index >= 15 is 0 Å². The highest BCUT2D eigenvalue weighted by molar-refractivity contribution is 5.43. The molecule has 2 rings (SSSR count). The van der Waals surface area contributed by atoms with Crippen LogP contribution in [0.5, 0.6) is 11.5 Å². The molecule has 0 saturated carbocycles. The third-order valence-corrected chi connectivity index (χ3v) is 3.46. The second-order valence-corrected chi connectivity index (χ2v) is 5.13. The molecule has 0 aliphatic rings. The lowest BCUT2D eigenvalue weighted by Crippen LogP contribution is -2.32. The average molecular weight is 289 g/mol. The van der Waals surface area contributed by atoms with Gasteiger partial charge in [-0.15, -0.1) is 0 Å². The molecule has 2 aromatic rings. The van der Waals surface area contributed by atoms with Crippen molar-refractivity contribution in [3.8, 4) is 11.5 Å². The summed E-state index contributed by atoms with van der Waals surface area (Å²) in [5.41, 5.74) is 1.17. The van der Waals surface area contributed by atoms with Crippen LogP contribution in [0.1, 0.15) is 25.5 Å². The van der Waals surface area contributed by atoms with Crippen LogP contribution in [0.2, 0.25) is 0 Å². The number of hydrogen-bond donors (Lipinski definition) is 1. The number of methoxy groups -OCH3 is 2. The van der Waals surface area contributed by atoms with Crippen molar-refractivity contribution in [1.82, 2.24) is 15.1 Å².